The van der Waals surface area contributed by atoms with Gasteiger partial charge >= 0.3 is 0 Å². The van der Waals surface area contributed by atoms with Gasteiger partial charge in [0.05, 0.1) is 37.0 Å². The van der Waals surface area contributed by atoms with Gasteiger partial charge in [-0.25, -0.2) is 9.36 Å². The zero-order valence-corrected chi connectivity index (χ0v) is 26.4. The van der Waals surface area contributed by atoms with E-state index < -0.39 is 0 Å². The van der Waals surface area contributed by atoms with Gasteiger partial charge in [0.25, 0.3) is 0 Å². The van der Waals surface area contributed by atoms with Gasteiger partial charge in [0.2, 0.25) is 0 Å². The molecule has 0 saturated carbocycles. The minimum absolute atomic E-state index is 0.0924. The fraction of sp³-hybridized carbons (Fsp3) is 0.189. The molecule has 8 nitrogen and oxygen atoms in total. The minimum Gasteiger partial charge on any atom is -0.497 e. The third kappa shape index (κ3) is 4.70. The highest BCUT2D eigenvalue weighted by molar-refractivity contribution is 5.85. The number of para-hydroxylation sites is 1. The molecule has 0 unspecified atom stereocenters. The van der Waals surface area contributed by atoms with Crippen LogP contribution in [0.5, 0.6) is 11.5 Å². The van der Waals surface area contributed by atoms with Gasteiger partial charge in [-0.05, 0) is 92.2 Å². The third-order valence-electron chi connectivity index (χ3n) is 8.55. The number of rotatable bonds is 7. The molecule has 2 aromatic heterocycles. The van der Waals surface area contributed by atoms with Crippen molar-refractivity contribution in [3.63, 3.8) is 0 Å². The second kappa shape index (κ2) is 11.2. The summed E-state index contributed by atoms with van der Waals surface area (Å²) < 4.78 is 15.1. The zero-order chi connectivity index (χ0) is 31.2. The minimum atomic E-state index is -0.0924. The van der Waals surface area contributed by atoms with E-state index in [1.165, 1.54) is 5.56 Å². The molecule has 7 rings (SSSR count). The predicted octanol–water partition coefficient (Wildman–Crippen LogP) is 7.72. The molecule has 0 radical (unpaired) electrons. The Labute approximate surface area is 263 Å². The highest BCUT2D eigenvalue weighted by atomic mass is 16.5. The Bertz CT molecular complexity index is 1860. The lowest BCUT2D eigenvalue weighted by atomic mass is 9.81. The fourth-order valence-corrected chi connectivity index (χ4v) is 6.33. The average Bonchev–Trinajstić information content (AvgIpc) is 3.61. The van der Waals surface area contributed by atoms with Crippen LogP contribution in [0.3, 0.4) is 0 Å². The molecule has 4 aromatic carbocycles. The maximum atomic E-state index is 5.48. The molecular weight excluding hydrogens is 560 g/mol. The molecule has 0 saturated heterocycles. The lowest BCUT2D eigenvalue weighted by Crippen LogP contribution is -2.26. The Morgan fingerprint density at radius 2 is 1.04 bits per heavy atom. The van der Waals surface area contributed by atoms with Crippen molar-refractivity contribution in [1.29, 1.82) is 0 Å². The highest BCUT2D eigenvalue weighted by Gasteiger charge is 2.42. The number of hydrogen-bond donors (Lipinski definition) is 0. The normalized spacial score (nSPS) is 12.5. The molecule has 0 fully saturated rings. The Balaban J connectivity index is 1.56. The number of methoxy groups -OCH3 is 2. The van der Waals surface area contributed by atoms with Crippen molar-refractivity contribution in [2.75, 3.05) is 38.1 Å². The summed E-state index contributed by atoms with van der Waals surface area (Å²) in [6.07, 6.45) is 0. The quantitative estimate of drug-likeness (QED) is 0.188. The van der Waals surface area contributed by atoms with Crippen LogP contribution in [0, 0.1) is 13.8 Å². The molecule has 0 bridgehead atoms. The number of benzene rings is 4. The monoisotopic (exact) mass is 596 g/mol. The topological polar surface area (TPSA) is 60.6 Å². The van der Waals surface area contributed by atoms with Crippen molar-refractivity contribution in [2.24, 2.45) is 0 Å². The van der Waals surface area contributed by atoms with Crippen LogP contribution in [0.25, 0.3) is 11.4 Å². The summed E-state index contributed by atoms with van der Waals surface area (Å²) in [5.41, 5.74) is 9.47. The smallest absolute Gasteiger partial charge is 0.147 e. The third-order valence-corrected chi connectivity index (χ3v) is 8.55. The van der Waals surface area contributed by atoms with Gasteiger partial charge in [-0.3, -0.25) is 4.90 Å². The molecule has 1 aliphatic rings. The molecule has 8 heteroatoms. The summed E-state index contributed by atoms with van der Waals surface area (Å²) in [6, 6.07) is 35.4. The molecule has 0 aliphatic carbocycles. The number of nitrogens with zero attached hydrogens (tertiary/aromatic N) is 6. The Morgan fingerprint density at radius 3 is 1.47 bits per heavy atom. The largest absolute Gasteiger partial charge is 0.497 e. The summed E-state index contributed by atoms with van der Waals surface area (Å²) >= 11 is 0. The molecule has 3 heterocycles. The van der Waals surface area contributed by atoms with Crippen LogP contribution < -0.4 is 19.3 Å². The van der Waals surface area contributed by atoms with Crippen molar-refractivity contribution in [3.8, 4) is 22.9 Å². The van der Waals surface area contributed by atoms with Crippen molar-refractivity contribution in [3.05, 3.63) is 131 Å². The van der Waals surface area contributed by atoms with E-state index in [0.717, 1.165) is 68.4 Å². The summed E-state index contributed by atoms with van der Waals surface area (Å²) in [5, 5.41) is 10.4. The number of aromatic nitrogens is 4. The predicted molar refractivity (Wildman–Crippen MR) is 180 cm³/mol. The van der Waals surface area contributed by atoms with E-state index in [2.05, 4.69) is 120 Å². The second-order valence-corrected chi connectivity index (χ2v) is 11.5. The summed E-state index contributed by atoms with van der Waals surface area (Å²) in [7, 11) is 7.50. The van der Waals surface area contributed by atoms with Gasteiger partial charge in [0.1, 0.15) is 23.1 Å². The maximum Gasteiger partial charge on any atom is 0.147 e. The first-order chi connectivity index (χ1) is 21.9. The van der Waals surface area contributed by atoms with E-state index in [1.54, 1.807) is 14.2 Å². The van der Waals surface area contributed by atoms with Crippen molar-refractivity contribution < 1.29 is 9.47 Å². The highest BCUT2D eigenvalue weighted by Crippen LogP contribution is 2.54. The van der Waals surface area contributed by atoms with Crippen LogP contribution in [-0.4, -0.2) is 47.9 Å². The van der Waals surface area contributed by atoms with Crippen LogP contribution in [0.2, 0.25) is 0 Å². The standard InChI is InChI=1S/C37H36N6O2/c1-24-33-35(26-12-14-27(15-13-26)40(3)4)34-25(2)39-43(30-18-22-32(45-6)23-19-30)37(34)41(28-10-8-7-9-11-28)36(33)42(38-24)29-16-20-31(44-5)21-17-29/h7-23,35H,1-6H3. The molecule has 0 spiro atoms. The lowest BCUT2D eigenvalue weighted by Gasteiger charge is -2.35. The van der Waals surface area contributed by atoms with Crippen molar-refractivity contribution >= 4 is 23.0 Å². The number of fused-ring (bicyclic) bond motifs is 2. The summed E-state index contributed by atoms with van der Waals surface area (Å²) in [5.74, 6) is 3.46. The Morgan fingerprint density at radius 1 is 0.578 bits per heavy atom. The number of aryl methyl sites for hydroxylation is 2. The number of hydrogen-bond acceptors (Lipinski definition) is 6. The van der Waals surface area contributed by atoms with Crippen LogP contribution in [-0.2, 0) is 0 Å². The first-order valence-corrected chi connectivity index (χ1v) is 15.0. The molecule has 1 aliphatic heterocycles. The average molecular weight is 597 g/mol. The molecular formula is C37H36N6O2. The number of anilines is 4. The molecule has 45 heavy (non-hydrogen) atoms. The van der Waals surface area contributed by atoms with E-state index >= 15 is 0 Å². The summed E-state index contributed by atoms with van der Waals surface area (Å²) in [4.78, 5) is 4.43. The fourth-order valence-electron chi connectivity index (χ4n) is 6.33. The van der Waals surface area contributed by atoms with E-state index in [9.17, 15) is 0 Å². The van der Waals surface area contributed by atoms with Gasteiger partial charge in [-0.2, -0.15) is 10.2 Å². The van der Waals surface area contributed by atoms with Gasteiger partial charge in [-0.1, -0.05) is 30.3 Å². The Hall–Kier alpha value is -5.50. The van der Waals surface area contributed by atoms with Gasteiger partial charge in [0, 0.05) is 42.5 Å². The van der Waals surface area contributed by atoms with Crippen molar-refractivity contribution in [1.82, 2.24) is 19.6 Å². The van der Waals surface area contributed by atoms with E-state index in [4.69, 9.17) is 19.7 Å². The SMILES string of the molecule is COc1ccc(-n2nc(C)c3c2N(c2ccccc2)c2c(c(C)nn2-c2ccc(OC)cc2)C3c2ccc(N(C)C)cc2)cc1. The summed E-state index contributed by atoms with van der Waals surface area (Å²) in [6.45, 7) is 4.22. The lowest BCUT2D eigenvalue weighted by molar-refractivity contribution is 0.414. The van der Waals surface area contributed by atoms with Crippen LogP contribution in [0.15, 0.2) is 103 Å². The van der Waals surface area contributed by atoms with Crippen molar-refractivity contribution in [2.45, 2.75) is 19.8 Å². The molecule has 0 atom stereocenters. The molecule has 0 amide bonds. The number of ether oxygens (including phenoxy) is 2. The zero-order valence-electron chi connectivity index (χ0n) is 26.4. The van der Waals surface area contributed by atoms with E-state index in [1.807, 2.05) is 30.3 Å². The first-order valence-electron chi connectivity index (χ1n) is 15.0. The van der Waals surface area contributed by atoms with Crippen LogP contribution in [0.4, 0.5) is 23.0 Å². The molecule has 0 N–H and O–H groups in total. The van der Waals surface area contributed by atoms with Gasteiger partial charge in [0.15, 0.2) is 0 Å². The van der Waals surface area contributed by atoms with Crippen LogP contribution >= 0.6 is 0 Å². The van der Waals surface area contributed by atoms with Gasteiger partial charge in [-0.15, -0.1) is 0 Å². The maximum absolute atomic E-state index is 5.48. The second-order valence-electron chi connectivity index (χ2n) is 11.5. The Kier molecular flexibility index (Phi) is 7.04. The molecule has 226 valence electrons. The van der Waals surface area contributed by atoms with E-state index in [0.29, 0.717) is 0 Å². The molecule has 6 aromatic rings. The van der Waals surface area contributed by atoms with E-state index in [-0.39, 0.29) is 5.92 Å². The van der Waals surface area contributed by atoms with Crippen LogP contribution in [0.1, 0.15) is 34.0 Å². The van der Waals surface area contributed by atoms with Gasteiger partial charge < -0.3 is 14.4 Å². The first kappa shape index (κ1) is 28.3.